The van der Waals surface area contributed by atoms with E-state index in [1.54, 1.807) is 24.0 Å². The summed E-state index contributed by atoms with van der Waals surface area (Å²) in [5.74, 6) is -0.926. The molecule has 0 aliphatic heterocycles. The van der Waals surface area contributed by atoms with Crippen LogP contribution in [0.5, 0.6) is 0 Å². The maximum atomic E-state index is 10.9. The van der Waals surface area contributed by atoms with Gasteiger partial charge in [0.15, 0.2) is 0 Å². The van der Waals surface area contributed by atoms with Crippen molar-refractivity contribution >= 4 is 17.3 Å². The molecule has 6 nitrogen and oxygen atoms in total. The smallest absolute Gasteiger partial charge is 0.323 e. The van der Waals surface area contributed by atoms with Crippen LogP contribution in [0.15, 0.2) is 18.2 Å². The first-order chi connectivity index (χ1) is 8.49. The average molecular weight is 250 g/mol. The lowest BCUT2D eigenvalue weighted by Gasteiger charge is -2.22. The molecule has 1 aromatic carbocycles. The minimum Gasteiger partial charge on any atom is -0.480 e. The molecule has 0 bridgehead atoms. The Labute approximate surface area is 104 Å². The summed E-state index contributed by atoms with van der Waals surface area (Å²) in [4.78, 5) is 23.0. The number of rotatable bonds is 5. The minimum absolute atomic E-state index is 0.0311. The van der Waals surface area contributed by atoms with Gasteiger partial charge in [-0.05, 0) is 25.8 Å². The lowest BCUT2D eigenvalue weighted by Crippen LogP contribution is -2.31. The Morgan fingerprint density at radius 1 is 1.56 bits per heavy atom. The predicted molar refractivity (Wildman–Crippen MR) is 65.8 cm³/mol. The van der Waals surface area contributed by atoms with E-state index in [0.29, 0.717) is 11.3 Å². The highest BCUT2D eigenvalue weighted by Crippen LogP contribution is 2.33. The standard InChI is InChI=1S/C12H14N2O4/c1-8-2-3-10(6-11(8)14(17)18)13(7-12(15)16)9-4-5-9/h2-3,6,9H,4-5,7H2,1H3,(H,15,16). The fourth-order valence-corrected chi connectivity index (χ4v) is 1.94. The number of aliphatic carboxylic acids is 1. The molecule has 0 aromatic heterocycles. The molecule has 0 saturated heterocycles. The van der Waals surface area contributed by atoms with Crippen LogP contribution in [-0.4, -0.2) is 28.6 Å². The summed E-state index contributed by atoms with van der Waals surface area (Å²) in [6, 6.07) is 5.05. The van der Waals surface area contributed by atoms with Crippen LogP contribution in [0, 0.1) is 17.0 Å². The van der Waals surface area contributed by atoms with Crippen molar-refractivity contribution in [2.75, 3.05) is 11.4 Å². The number of aryl methyl sites for hydroxylation is 1. The van der Waals surface area contributed by atoms with Gasteiger partial charge in [0.1, 0.15) is 6.54 Å². The Morgan fingerprint density at radius 3 is 2.72 bits per heavy atom. The zero-order chi connectivity index (χ0) is 13.3. The van der Waals surface area contributed by atoms with Gasteiger partial charge in [0.25, 0.3) is 5.69 Å². The number of anilines is 1. The van der Waals surface area contributed by atoms with Crippen molar-refractivity contribution in [3.63, 3.8) is 0 Å². The third kappa shape index (κ3) is 2.58. The number of hydrogen-bond acceptors (Lipinski definition) is 4. The van der Waals surface area contributed by atoms with Crippen LogP contribution in [0.4, 0.5) is 11.4 Å². The van der Waals surface area contributed by atoms with Gasteiger partial charge in [-0.15, -0.1) is 0 Å². The van der Waals surface area contributed by atoms with Crippen molar-refractivity contribution in [2.24, 2.45) is 0 Å². The molecule has 18 heavy (non-hydrogen) atoms. The molecule has 1 aromatic rings. The molecule has 0 unspecified atom stereocenters. The first-order valence-corrected chi connectivity index (χ1v) is 5.72. The van der Waals surface area contributed by atoms with Gasteiger partial charge in [0.2, 0.25) is 0 Å². The molecule has 2 rings (SSSR count). The van der Waals surface area contributed by atoms with E-state index < -0.39 is 10.9 Å². The summed E-state index contributed by atoms with van der Waals surface area (Å²) in [5, 5.41) is 19.8. The lowest BCUT2D eigenvalue weighted by molar-refractivity contribution is -0.385. The van der Waals surface area contributed by atoms with Crippen LogP contribution in [0.1, 0.15) is 18.4 Å². The van der Waals surface area contributed by atoms with Gasteiger partial charge in [-0.1, -0.05) is 6.07 Å². The van der Waals surface area contributed by atoms with Gasteiger partial charge in [-0.2, -0.15) is 0 Å². The van der Waals surface area contributed by atoms with Crippen molar-refractivity contribution in [1.29, 1.82) is 0 Å². The van der Waals surface area contributed by atoms with Gasteiger partial charge in [0, 0.05) is 23.4 Å². The highest BCUT2D eigenvalue weighted by Gasteiger charge is 2.31. The zero-order valence-corrected chi connectivity index (χ0v) is 10.00. The fraction of sp³-hybridized carbons (Fsp3) is 0.417. The number of carboxylic acid groups (broad SMARTS) is 1. The van der Waals surface area contributed by atoms with Crippen LogP contribution in [-0.2, 0) is 4.79 Å². The molecule has 1 aliphatic carbocycles. The van der Waals surface area contributed by atoms with Crippen LogP contribution in [0.2, 0.25) is 0 Å². The number of nitro groups is 1. The number of hydrogen-bond donors (Lipinski definition) is 1. The second-order valence-corrected chi connectivity index (χ2v) is 4.48. The molecule has 1 saturated carbocycles. The number of carbonyl (C=O) groups is 1. The average Bonchev–Trinajstić information content (AvgIpc) is 3.10. The minimum atomic E-state index is -0.926. The second-order valence-electron chi connectivity index (χ2n) is 4.48. The Morgan fingerprint density at radius 2 is 2.22 bits per heavy atom. The van der Waals surface area contributed by atoms with Crippen molar-refractivity contribution in [2.45, 2.75) is 25.8 Å². The van der Waals surface area contributed by atoms with Crippen LogP contribution in [0.3, 0.4) is 0 Å². The molecule has 1 aliphatic rings. The summed E-state index contributed by atoms with van der Waals surface area (Å²) in [6.07, 6.45) is 1.88. The number of nitro benzene ring substituents is 1. The van der Waals surface area contributed by atoms with E-state index in [9.17, 15) is 14.9 Å². The number of benzene rings is 1. The van der Waals surface area contributed by atoms with Gasteiger partial charge in [0.05, 0.1) is 4.92 Å². The van der Waals surface area contributed by atoms with E-state index in [-0.39, 0.29) is 18.3 Å². The van der Waals surface area contributed by atoms with Gasteiger partial charge < -0.3 is 10.0 Å². The fourth-order valence-electron chi connectivity index (χ4n) is 1.94. The Hall–Kier alpha value is -2.11. The highest BCUT2D eigenvalue weighted by atomic mass is 16.6. The van der Waals surface area contributed by atoms with Crippen molar-refractivity contribution < 1.29 is 14.8 Å². The first-order valence-electron chi connectivity index (χ1n) is 5.72. The molecule has 0 radical (unpaired) electrons. The summed E-state index contributed by atoms with van der Waals surface area (Å²) in [6.45, 7) is 1.55. The van der Waals surface area contributed by atoms with Crippen LogP contribution < -0.4 is 4.90 Å². The topological polar surface area (TPSA) is 83.7 Å². The third-order valence-corrected chi connectivity index (χ3v) is 3.01. The van der Waals surface area contributed by atoms with E-state index in [0.717, 1.165) is 12.8 Å². The summed E-state index contributed by atoms with van der Waals surface area (Å²) in [7, 11) is 0. The maximum Gasteiger partial charge on any atom is 0.323 e. The molecular formula is C12H14N2O4. The molecule has 0 atom stereocenters. The molecule has 0 heterocycles. The molecule has 0 spiro atoms. The van der Waals surface area contributed by atoms with Crippen molar-refractivity contribution in [3.05, 3.63) is 33.9 Å². The molecular weight excluding hydrogens is 236 g/mol. The SMILES string of the molecule is Cc1ccc(N(CC(=O)O)C2CC2)cc1[N+](=O)[O-]. The van der Waals surface area contributed by atoms with Gasteiger partial charge in [-0.25, -0.2) is 0 Å². The molecule has 1 N–H and O–H groups in total. The quantitative estimate of drug-likeness (QED) is 0.637. The summed E-state index contributed by atoms with van der Waals surface area (Å²) < 4.78 is 0. The summed E-state index contributed by atoms with van der Waals surface area (Å²) in [5.41, 5.74) is 1.22. The van der Waals surface area contributed by atoms with E-state index in [1.165, 1.54) is 6.07 Å². The van der Waals surface area contributed by atoms with Crippen molar-refractivity contribution in [3.8, 4) is 0 Å². The Bertz CT molecular complexity index is 497. The Kier molecular flexibility index (Phi) is 3.18. The monoisotopic (exact) mass is 250 g/mol. The molecule has 96 valence electrons. The zero-order valence-electron chi connectivity index (χ0n) is 10.00. The van der Waals surface area contributed by atoms with E-state index in [4.69, 9.17) is 5.11 Å². The third-order valence-electron chi connectivity index (χ3n) is 3.01. The normalized spacial score (nSPS) is 14.3. The summed E-state index contributed by atoms with van der Waals surface area (Å²) >= 11 is 0. The van der Waals surface area contributed by atoms with Crippen molar-refractivity contribution in [1.82, 2.24) is 0 Å². The second kappa shape index (κ2) is 4.64. The van der Waals surface area contributed by atoms with E-state index in [2.05, 4.69) is 0 Å². The largest absolute Gasteiger partial charge is 0.480 e. The lowest BCUT2D eigenvalue weighted by atomic mass is 10.1. The molecule has 6 heteroatoms. The molecule has 1 fully saturated rings. The maximum absolute atomic E-state index is 10.9. The van der Waals surface area contributed by atoms with Crippen LogP contribution in [0.25, 0.3) is 0 Å². The highest BCUT2D eigenvalue weighted by molar-refractivity contribution is 5.75. The number of carboxylic acids is 1. The number of nitrogens with zero attached hydrogens (tertiary/aromatic N) is 2. The van der Waals surface area contributed by atoms with Gasteiger partial charge in [-0.3, -0.25) is 14.9 Å². The van der Waals surface area contributed by atoms with Gasteiger partial charge >= 0.3 is 5.97 Å². The van der Waals surface area contributed by atoms with Crippen LogP contribution >= 0.6 is 0 Å². The van der Waals surface area contributed by atoms with E-state index >= 15 is 0 Å². The first kappa shape index (κ1) is 12.3. The van der Waals surface area contributed by atoms with E-state index in [1.807, 2.05) is 0 Å². The molecule has 0 amide bonds. The Balaban J connectivity index is 2.32. The predicted octanol–water partition coefficient (Wildman–Crippen LogP) is 1.96.